The van der Waals surface area contributed by atoms with Crippen LogP contribution in [0.1, 0.15) is 25.6 Å². The Labute approximate surface area is 99.3 Å². The van der Waals surface area contributed by atoms with E-state index in [2.05, 4.69) is 10.1 Å². The van der Waals surface area contributed by atoms with Gasteiger partial charge in [0.25, 0.3) is 5.91 Å². The maximum atomic E-state index is 11.5. The summed E-state index contributed by atoms with van der Waals surface area (Å²) in [6.07, 6.45) is 0.833. The molecule has 6 nitrogen and oxygen atoms in total. The maximum absolute atomic E-state index is 11.5. The number of ether oxygens (including phenoxy) is 1. The van der Waals surface area contributed by atoms with Gasteiger partial charge in [-0.2, -0.15) is 0 Å². The van der Waals surface area contributed by atoms with Gasteiger partial charge in [-0.15, -0.1) is 0 Å². The van der Waals surface area contributed by atoms with Gasteiger partial charge in [0.05, 0.1) is 13.4 Å². The molecule has 1 aromatic rings. The molecule has 0 aliphatic heterocycles. The second kappa shape index (κ2) is 6.05. The van der Waals surface area contributed by atoms with Crippen LogP contribution in [-0.2, 0) is 9.53 Å². The number of hydrogen-bond acceptors (Lipinski definition) is 4. The van der Waals surface area contributed by atoms with E-state index in [0.717, 1.165) is 5.76 Å². The van der Waals surface area contributed by atoms with Gasteiger partial charge in [-0.1, -0.05) is 0 Å². The van der Waals surface area contributed by atoms with Crippen LogP contribution in [0.5, 0.6) is 0 Å². The largest absolute Gasteiger partial charge is 0.463 e. The van der Waals surface area contributed by atoms with Crippen LogP contribution in [0.3, 0.4) is 0 Å². The number of methoxy groups -OCH3 is 1. The van der Waals surface area contributed by atoms with Crippen molar-refractivity contribution >= 4 is 12.0 Å². The molecule has 0 radical (unpaired) electrons. The minimum absolute atomic E-state index is 0.00315. The van der Waals surface area contributed by atoms with Crippen molar-refractivity contribution in [1.82, 2.24) is 5.32 Å². The zero-order valence-electron chi connectivity index (χ0n) is 10.1. The molecule has 0 aliphatic rings. The number of carbonyl (C=O) groups excluding carboxylic acids is 2. The third-order valence-electron chi connectivity index (χ3n) is 2.39. The Hall–Kier alpha value is -1.82. The smallest absolute Gasteiger partial charge is 0.413 e. The lowest BCUT2D eigenvalue weighted by atomic mass is 10.2. The molecule has 1 aromatic heterocycles. The van der Waals surface area contributed by atoms with E-state index in [-0.39, 0.29) is 6.04 Å². The fraction of sp³-hybridized carbons (Fsp3) is 0.455. The third kappa shape index (κ3) is 3.92. The SMILES string of the molecule is COC(=O)NC(=O)[C@H](C)[NH2+][C@@H](C)c1ccco1. The van der Waals surface area contributed by atoms with Gasteiger partial charge in [-0.05, 0) is 26.0 Å². The standard InChI is InChI=1S/C11H16N2O4/c1-7(9-5-4-6-17-9)12-8(2)10(14)13-11(15)16-3/h4-8,12H,1-3H3,(H,13,14,15)/p+1/t7-,8-/m0/s1. The summed E-state index contributed by atoms with van der Waals surface area (Å²) in [5.41, 5.74) is 0. The molecule has 0 aliphatic carbocycles. The number of quaternary nitrogens is 1. The van der Waals surface area contributed by atoms with Crippen molar-refractivity contribution in [3.8, 4) is 0 Å². The van der Waals surface area contributed by atoms with Crippen molar-refractivity contribution in [3.63, 3.8) is 0 Å². The second-order valence-corrected chi connectivity index (χ2v) is 3.77. The molecule has 94 valence electrons. The number of alkyl carbamates (subject to hydrolysis) is 1. The molecule has 0 bridgehead atoms. The Bertz CT molecular complexity index is 375. The van der Waals surface area contributed by atoms with Gasteiger partial charge in [0.2, 0.25) is 0 Å². The Morgan fingerprint density at radius 1 is 1.47 bits per heavy atom. The van der Waals surface area contributed by atoms with E-state index in [0.29, 0.717) is 0 Å². The zero-order chi connectivity index (χ0) is 12.8. The minimum Gasteiger partial charge on any atom is -0.463 e. The van der Waals surface area contributed by atoms with Crippen molar-refractivity contribution in [3.05, 3.63) is 24.2 Å². The molecule has 0 unspecified atom stereocenters. The van der Waals surface area contributed by atoms with Crippen LogP contribution in [0.15, 0.2) is 22.8 Å². The van der Waals surface area contributed by atoms with E-state index in [1.54, 1.807) is 24.6 Å². The molecule has 6 heteroatoms. The van der Waals surface area contributed by atoms with Crippen molar-refractivity contribution in [2.45, 2.75) is 25.9 Å². The molecule has 3 N–H and O–H groups in total. The first-order chi connectivity index (χ1) is 8.04. The van der Waals surface area contributed by atoms with Crippen LogP contribution in [-0.4, -0.2) is 25.2 Å². The average Bonchev–Trinajstić information content (AvgIpc) is 2.82. The van der Waals surface area contributed by atoms with Crippen LogP contribution in [0.4, 0.5) is 4.79 Å². The molecule has 0 saturated heterocycles. The summed E-state index contributed by atoms with van der Waals surface area (Å²) in [6.45, 7) is 3.62. The molecule has 0 fully saturated rings. The molecular weight excluding hydrogens is 224 g/mol. The number of rotatable bonds is 4. The average molecular weight is 241 g/mol. The lowest BCUT2D eigenvalue weighted by molar-refractivity contribution is -0.712. The summed E-state index contributed by atoms with van der Waals surface area (Å²) in [5, 5.41) is 3.92. The first-order valence-corrected chi connectivity index (χ1v) is 5.31. The molecule has 0 saturated carbocycles. The predicted molar refractivity (Wildman–Crippen MR) is 59.1 cm³/mol. The normalized spacial score (nSPS) is 13.8. The summed E-state index contributed by atoms with van der Waals surface area (Å²) >= 11 is 0. The van der Waals surface area contributed by atoms with Gasteiger partial charge in [-0.25, -0.2) is 4.79 Å². The van der Waals surface area contributed by atoms with E-state index in [9.17, 15) is 9.59 Å². The van der Waals surface area contributed by atoms with Crippen LogP contribution < -0.4 is 10.6 Å². The lowest BCUT2D eigenvalue weighted by Crippen LogP contribution is -2.92. The highest BCUT2D eigenvalue weighted by molar-refractivity contribution is 5.93. The fourth-order valence-electron chi connectivity index (χ4n) is 1.43. The monoisotopic (exact) mass is 241 g/mol. The lowest BCUT2D eigenvalue weighted by Gasteiger charge is -2.14. The van der Waals surface area contributed by atoms with E-state index in [1.807, 2.05) is 13.0 Å². The first-order valence-electron chi connectivity index (χ1n) is 5.31. The number of amides is 2. The number of nitrogens with two attached hydrogens (primary N) is 1. The van der Waals surface area contributed by atoms with Crippen LogP contribution >= 0.6 is 0 Å². The van der Waals surface area contributed by atoms with Gasteiger partial charge >= 0.3 is 6.09 Å². The van der Waals surface area contributed by atoms with E-state index in [1.165, 1.54) is 7.11 Å². The molecule has 0 spiro atoms. The summed E-state index contributed by atoms with van der Waals surface area (Å²) in [6, 6.07) is 3.22. The van der Waals surface area contributed by atoms with E-state index < -0.39 is 18.0 Å². The Balaban J connectivity index is 2.46. The first kappa shape index (κ1) is 13.2. The summed E-state index contributed by atoms with van der Waals surface area (Å²) in [4.78, 5) is 22.4. The predicted octanol–water partition coefficient (Wildman–Crippen LogP) is 0.175. The molecule has 1 rings (SSSR count). The van der Waals surface area contributed by atoms with Crippen LogP contribution in [0, 0.1) is 0 Å². The van der Waals surface area contributed by atoms with Crippen LogP contribution in [0.25, 0.3) is 0 Å². The van der Waals surface area contributed by atoms with Gasteiger partial charge in [0, 0.05) is 0 Å². The highest BCUT2D eigenvalue weighted by atomic mass is 16.5. The minimum atomic E-state index is -0.749. The fourth-order valence-corrected chi connectivity index (χ4v) is 1.43. The van der Waals surface area contributed by atoms with Gasteiger partial charge in [0.15, 0.2) is 11.8 Å². The number of carbonyl (C=O) groups is 2. The molecule has 2 amide bonds. The topological polar surface area (TPSA) is 85.1 Å². The zero-order valence-corrected chi connectivity index (χ0v) is 10.1. The highest BCUT2D eigenvalue weighted by Crippen LogP contribution is 2.07. The number of hydrogen-bond donors (Lipinski definition) is 2. The number of furan rings is 1. The highest BCUT2D eigenvalue weighted by Gasteiger charge is 2.23. The summed E-state index contributed by atoms with van der Waals surface area (Å²) in [7, 11) is 1.21. The maximum Gasteiger partial charge on any atom is 0.413 e. The summed E-state index contributed by atoms with van der Waals surface area (Å²) < 4.78 is 9.57. The Morgan fingerprint density at radius 3 is 2.71 bits per heavy atom. The molecular formula is C11H17N2O4+. The third-order valence-corrected chi connectivity index (χ3v) is 2.39. The van der Waals surface area contributed by atoms with Gasteiger partial charge in [0.1, 0.15) is 6.04 Å². The van der Waals surface area contributed by atoms with Crippen molar-refractivity contribution in [2.75, 3.05) is 7.11 Å². The van der Waals surface area contributed by atoms with Gasteiger partial charge < -0.3 is 14.5 Å². The number of nitrogens with one attached hydrogen (secondary N) is 1. The van der Waals surface area contributed by atoms with Crippen molar-refractivity contribution < 1.29 is 24.1 Å². The molecule has 17 heavy (non-hydrogen) atoms. The molecule has 2 atom stereocenters. The van der Waals surface area contributed by atoms with Crippen molar-refractivity contribution in [2.24, 2.45) is 0 Å². The molecule has 1 heterocycles. The number of imide groups is 1. The quantitative estimate of drug-likeness (QED) is 0.787. The Morgan fingerprint density at radius 2 is 2.18 bits per heavy atom. The van der Waals surface area contributed by atoms with E-state index in [4.69, 9.17) is 4.42 Å². The molecule has 0 aromatic carbocycles. The van der Waals surface area contributed by atoms with Crippen molar-refractivity contribution in [1.29, 1.82) is 0 Å². The van der Waals surface area contributed by atoms with Gasteiger partial charge in [-0.3, -0.25) is 10.1 Å². The van der Waals surface area contributed by atoms with Crippen LogP contribution in [0.2, 0.25) is 0 Å². The van der Waals surface area contributed by atoms with E-state index >= 15 is 0 Å². The second-order valence-electron chi connectivity index (χ2n) is 3.77. The Kier molecular flexibility index (Phi) is 4.71. The summed E-state index contributed by atoms with van der Waals surface area (Å²) in [5.74, 6) is 0.387.